The zero-order chi connectivity index (χ0) is 28.4. The Morgan fingerprint density at radius 1 is 0.872 bits per heavy atom. The van der Waals surface area contributed by atoms with Crippen molar-refractivity contribution in [3.05, 3.63) is 102 Å². The van der Waals surface area contributed by atoms with Crippen molar-refractivity contribution in [1.82, 2.24) is 14.5 Å². The van der Waals surface area contributed by atoms with E-state index in [4.69, 9.17) is 0 Å². The zero-order valence-electron chi connectivity index (χ0n) is 22.5. The lowest BCUT2D eigenvalue weighted by atomic mass is 10.0. The lowest BCUT2D eigenvalue weighted by Crippen LogP contribution is -2.54. The molecular weight excluding hydrogens is 519 g/mol. The van der Waals surface area contributed by atoms with E-state index in [0.29, 0.717) is 13.0 Å². The number of para-hydroxylation sites is 1. The largest absolute Gasteiger partial charge is 0.354 e. The molecule has 0 saturated carbocycles. The van der Waals surface area contributed by atoms with E-state index in [1.165, 1.54) is 37.2 Å². The second-order valence-electron chi connectivity index (χ2n) is 9.25. The maximum atomic E-state index is 14.8. The van der Waals surface area contributed by atoms with Gasteiger partial charge in [-0.3, -0.25) is 9.59 Å². The molecule has 1 atom stereocenters. The van der Waals surface area contributed by atoms with Crippen LogP contribution in [-0.2, 0) is 32.8 Å². The van der Waals surface area contributed by atoms with E-state index < -0.39 is 34.5 Å². The molecule has 0 aliphatic heterocycles. The lowest BCUT2D eigenvalue weighted by molar-refractivity contribution is -0.140. The van der Waals surface area contributed by atoms with Crippen molar-refractivity contribution >= 4 is 27.7 Å². The first-order valence-electron chi connectivity index (χ1n) is 12.7. The van der Waals surface area contributed by atoms with Gasteiger partial charge in [-0.2, -0.15) is 12.7 Å². The molecule has 0 saturated heterocycles. The molecule has 0 aliphatic carbocycles. The molecular formula is C29H35FN4O4S. The molecule has 0 aliphatic rings. The number of anilines is 1. The van der Waals surface area contributed by atoms with Gasteiger partial charge in [0.1, 0.15) is 18.4 Å². The monoisotopic (exact) mass is 554 g/mol. The summed E-state index contributed by atoms with van der Waals surface area (Å²) in [5.41, 5.74) is 1.35. The molecule has 3 aromatic carbocycles. The van der Waals surface area contributed by atoms with E-state index in [1.807, 2.05) is 67.6 Å². The van der Waals surface area contributed by atoms with Crippen LogP contribution in [0.4, 0.5) is 10.1 Å². The summed E-state index contributed by atoms with van der Waals surface area (Å²) >= 11 is 0. The minimum absolute atomic E-state index is 0.0594. The van der Waals surface area contributed by atoms with Gasteiger partial charge in [-0.25, -0.2) is 8.70 Å². The summed E-state index contributed by atoms with van der Waals surface area (Å²) in [6, 6.07) is 22.9. The van der Waals surface area contributed by atoms with Gasteiger partial charge in [0.25, 0.3) is 0 Å². The number of halogens is 1. The number of benzene rings is 3. The van der Waals surface area contributed by atoms with Gasteiger partial charge in [0, 0.05) is 33.6 Å². The van der Waals surface area contributed by atoms with Crippen LogP contribution in [0, 0.1) is 5.82 Å². The van der Waals surface area contributed by atoms with E-state index in [1.54, 1.807) is 0 Å². The molecule has 8 nitrogen and oxygen atoms in total. The van der Waals surface area contributed by atoms with Gasteiger partial charge in [-0.15, -0.1) is 0 Å². The second kappa shape index (κ2) is 13.9. The quantitative estimate of drug-likeness (QED) is 0.350. The topological polar surface area (TPSA) is 90.0 Å². The molecule has 3 aromatic rings. The number of rotatable bonds is 13. The van der Waals surface area contributed by atoms with Gasteiger partial charge in [0.2, 0.25) is 11.8 Å². The molecule has 3 rings (SSSR count). The summed E-state index contributed by atoms with van der Waals surface area (Å²) in [6.45, 7) is 1.72. The number of carbonyl (C=O) groups is 2. The number of hydrogen-bond acceptors (Lipinski definition) is 4. The van der Waals surface area contributed by atoms with Gasteiger partial charge in [-0.05, 0) is 29.7 Å². The molecule has 0 bridgehead atoms. The predicted octanol–water partition coefficient (Wildman–Crippen LogP) is 3.60. The van der Waals surface area contributed by atoms with Gasteiger partial charge in [0.05, 0.1) is 5.69 Å². The number of hydrogen-bond donors (Lipinski definition) is 1. The number of nitrogens with zero attached hydrogens (tertiary/aromatic N) is 3. The highest BCUT2D eigenvalue weighted by atomic mass is 32.2. The molecule has 0 heterocycles. The van der Waals surface area contributed by atoms with Crippen LogP contribution in [0.1, 0.15) is 24.5 Å². The highest BCUT2D eigenvalue weighted by molar-refractivity contribution is 7.90. The van der Waals surface area contributed by atoms with E-state index in [-0.39, 0.29) is 24.6 Å². The van der Waals surface area contributed by atoms with Crippen molar-refractivity contribution in [2.24, 2.45) is 0 Å². The summed E-state index contributed by atoms with van der Waals surface area (Å²) in [5.74, 6) is -1.77. The van der Waals surface area contributed by atoms with E-state index in [9.17, 15) is 22.4 Å². The van der Waals surface area contributed by atoms with Crippen molar-refractivity contribution < 1.29 is 22.4 Å². The second-order valence-corrected chi connectivity index (χ2v) is 11.3. The maximum absolute atomic E-state index is 14.8. The molecule has 1 unspecified atom stereocenters. The van der Waals surface area contributed by atoms with Gasteiger partial charge < -0.3 is 10.2 Å². The average Bonchev–Trinajstić information content (AvgIpc) is 2.93. The summed E-state index contributed by atoms with van der Waals surface area (Å²) in [5, 5.41) is 2.88. The Morgan fingerprint density at radius 3 is 2.00 bits per heavy atom. The van der Waals surface area contributed by atoms with Crippen molar-refractivity contribution in [2.75, 3.05) is 31.5 Å². The molecule has 0 radical (unpaired) electrons. The third kappa shape index (κ3) is 7.87. The fourth-order valence-electron chi connectivity index (χ4n) is 4.06. The van der Waals surface area contributed by atoms with E-state index in [0.717, 1.165) is 25.8 Å². The fraction of sp³-hybridized carbons (Fsp3) is 0.310. The van der Waals surface area contributed by atoms with Crippen molar-refractivity contribution in [1.29, 1.82) is 0 Å². The van der Waals surface area contributed by atoms with Crippen LogP contribution in [0.5, 0.6) is 0 Å². The van der Waals surface area contributed by atoms with Gasteiger partial charge in [0.15, 0.2) is 0 Å². The van der Waals surface area contributed by atoms with E-state index in [2.05, 4.69) is 5.32 Å². The number of amides is 2. The Hall–Kier alpha value is -3.76. The summed E-state index contributed by atoms with van der Waals surface area (Å²) in [6.07, 6.45) is 0.924. The summed E-state index contributed by atoms with van der Waals surface area (Å²) in [4.78, 5) is 28.9. The Morgan fingerprint density at radius 2 is 1.44 bits per heavy atom. The Kier molecular flexibility index (Phi) is 10.6. The first kappa shape index (κ1) is 29.8. The van der Waals surface area contributed by atoms with Crippen LogP contribution in [0.2, 0.25) is 0 Å². The Balaban J connectivity index is 2.07. The zero-order valence-corrected chi connectivity index (χ0v) is 23.3. The van der Waals surface area contributed by atoms with Crippen LogP contribution in [0.25, 0.3) is 0 Å². The maximum Gasteiger partial charge on any atom is 0.304 e. The fourth-order valence-corrected chi connectivity index (χ4v) is 5.12. The number of nitrogens with one attached hydrogen (secondary N) is 1. The van der Waals surface area contributed by atoms with Crippen molar-refractivity contribution in [2.45, 2.75) is 32.4 Å². The van der Waals surface area contributed by atoms with Gasteiger partial charge >= 0.3 is 10.2 Å². The van der Waals surface area contributed by atoms with Crippen LogP contribution < -0.4 is 9.62 Å². The average molecular weight is 555 g/mol. The minimum Gasteiger partial charge on any atom is -0.354 e. The molecule has 0 aromatic heterocycles. The standard InChI is InChI=1S/C29H35FN4O4S/c1-4-19-31-29(36)27(20-23-13-7-5-8-14-23)33(21-24-15-9-6-10-16-24)28(35)22-34(39(37,38)32(2)3)26-18-12-11-17-25(26)30/h5-18,27H,4,19-22H2,1-3H3,(H,31,36). The molecule has 1 N–H and O–H groups in total. The van der Waals surface area contributed by atoms with Crippen molar-refractivity contribution in [3.8, 4) is 0 Å². The Labute approximate surface area is 230 Å². The summed E-state index contributed by atoms with van der Waals surface area (Å²) in [7, 11) is -1.63. The predicted molar refractivity (Wildman–Crippen MR) is 151 cm³/mol. The first-order valence-corrected chi connectivity index (χ1v) is 14.1. The van der Waals surface area contributed by atoms with E-state index >= 15 is 0 Å². The highest BCUT2D eigenvalue weighted by Crippen LogP contribution is 2.24. The molecule has 208 valence electrons. The SMILES string of the molecule is CCCNC(=O)C(Cc1ccccc1)N(Cc1ccccc1)C(=O)CN(c1ccccc1F)S(=O)(=O)N(C)C. The van der Waals surface area contributed by atoms with Crippen LogP contribution in [0.3, 0.4) is 0 Å². The number of carbonyl (C=O) groups excluding carboxylic acids is 2. The normalized spacial score (nSPS) is 12.1. The van der Waals surface area contributed by atoms with Crippen LogP contribution in [-0.4, -0.2) is 62.7 Å². The summed E-state index contributed by atoms with van der Waals surface area (Å²) < 4.78 is 43.0. The molecule has 2 amide bonds. The minimum atomic E-state index is -4.26. The molecule has 0 fully saturated rings. The lowest BCUT2D eigenvalue weighted by Gasteiger charge is -2.34. The third-order valence-electron chi connectivity index (χ3n) is 6.16. The third-order valence-corrected chi connectivity index (χ3v) is 7.96. The van der Waals surface area contributed by atoms with Crippen LogP contribution in [0.15, 0.2) is 84.9 Å². The molecule has 39 heavy (non-hydrogen) atoms. The molecule has 0 spiro atoms. The van der Waals surface area contributed by atoms with Gasteiger partial charge in [-0.1, -0.05) is 79.7 Å². The molecule has 10 heteroatoms. The first-order chi connectivity index (χ1) is 18.6. The Bertz CT molecular complexity index is 1340. The smallest absolute Gasteiger partial charge is 0.304 e. The van der Waals surface area contributed by atoms with Crippen LogP contribution >= 0.6 is 0 Å². The van der Waals surface area contributed by atoms with Crippen molar-refractivity contribution in [3.63, 3.8) is 0 Å². The highest BCUT2D eigenvalue weighted by Gasteiger charge is 2.35.